The Morgan fingerprint density at radius 2 is 1.90 bits per heavy atom. The number of aromatic nitrogens is 4. The molecule has 3 aromatic rings. The number of hydrogen-bond acceptors (Lipinski definition) is 2. The van der Waals surface area contributed by atoms with Crippen LogP contribution >= 0.6 is 34.8 Å². The van der Waals surface area contributed by atoms with Gasteiger partial charge in [-0.15, -0.1) is 11.6 Å². The van der Waals surface area contributed by atoms with E-state index in [2.05, 4.69) is 17.0 Å². The van der Waals surface area contributed by atoms with Crippen molar-refractivity contribution in [1.29, 1.82) is 0 Å². The maximum absolute atomic E-state index is 6.15. The summed E-state index contributed by atoms with van der Waals surface area (Å²) >= 11 is 18.3. The van der Waals surface area contributed by atoms with E-state index in [1.54, 1.807) is 10.7 Å². The highest BCUT2D eigenvalue weighted by Crippen LogP contribution is 2.31. The van der Waals surface area contributed by atoms with Crippen molar-refractivity contribution in [2.45, 2.75) is 19.2 Å². The second-order valence-electron chi connectivity index (χ2n) is 4.74. The third kappa shape index (κ3) is 2.41. The molecule has 110 valence electrons. The number of alkyl halides is 1. The normalized spacial score (nSPS) is 11.5. The van der Waals surface area contributed by atoms with Crippen LogP contribution in [0.1, 0.15) is 18.4 Å². The van der Waals surface area contributed by atoms with Gasteiger partial charge in [0.25, 0.3) is 0 Å². The molecule has 0 fully saturated rings. The van der Waals surface area contributed by atoms with Gasteiger partial charge >= 0.3 is 0 Å². The summed E-state index contributed by atoms with van der Waals surface area (Å²) in [5.41, 5.74) is 3.60. The van der Waals surface area contributed by atoms with Crippen molar-refractivity contribution >= 4 is 45.8 Å². The number of fused-ring (bicyclic) bond motifs is 1. The molecule has 0 N–H and O–H groups in total. The first kappa shape index (κ1) is 14.7. The van der Waals surface area contributed by atoms with E-state index >= 15 is 0 Å². The summed E-state index contributed by atoms with van der Waals surface area (Å²) in [6.07, 6.45) is 2.78. The molecule has 7 heteroatoms. The summed E-state index contributed by atoms with van der Waals surface area (Å²) in [6, 6.07) is 3.57. The Balaban J connectivity index is 2.36. The van der Waals surface area contributed by atoms with E-state index in [1.807, 2.05) is 23.9 Å². The number of imidazole rings is 1. The number of rotatable bonds is 3. The van der Waals surface area contributed by atoms with Crippen LogP contribution in [0.5, 0.6) is 0 Å². The zero-order valence-electron chi connectivity index (χ0n) is 11.6. The van der Waals surface area contributed by atoms with Gasteiger partial charge in [0.05, 0.1) is 38.3 Å². The molecule has 0 saturated heterocycles. The van der Waals surface area contributed by atoms with Crippen LogP contribution in [-0.4, -0.2) is 19.3 Å². The first-order valence-corrected chi connectivity index (χ1v) is 7.79. The fourth-order valence-electron chi connectivity index (χ4n) is 2.44. The first-order chi connectivity index (χ1) is 10.0. The van der Waals surface area contributed by atoms with Crippen LogP contribution in [0.2, 0.25) is 10.0 Å². The first-order valence-electron chi connectivity index (χ1n) is 6.50. The molecule has 0 aliphatic rings. The van der Waals surface area contributed by atoms with Crippen molar-refractivity contribution in [1.82, 2.24) is 19.3 Å². The second kappa shape index (κ2) is 5.52. The molecule has 0 unspecified atom stereocenters. The van der Waals surface area contributed by atoms with Crippen LogP contribution in [0.25, 0.3) is 16.7 Å². The predicted octanol–water partition coefficient (Wildman–Crippen LogP) is 4.37. The van der Waals surface area contributed by atoms with E-state index < -0.39 is 0 Å². The minimum atomic E-state index is 0.294. The highest BCUT2D eigenvalue weighted by molar-refractivity contribution is 6.42. The van der Waals surface area contributed by atoms with Crippen molar-refractivity contribution in [2.24, 2.45) is 7.05 Å². The van der Waals surface area contributed by atoms with Crippen LogP contribution in [0.15, 0.2) is 18.3 Å². The van der Waals surface area contributed by atoms with Gasteiger partial charge in [-0.1, -0.05) is 30.1 Å². The Kier molecular flexibility index (Phi) is 3.86. The lowest BCUT2D eigenvalue weighted by Gasteiger charge is -2.07. The fraction of sp³-hybridized carbons (Fsp3) is 0.286. The average Bonchev–Trinajstić information content (AvgIpc) is 2.99. The maximum Gasteiger partial charge on any atom is 0.129 e. The minimum Gasteiger partial charge on any atom is -0.292 e. The summed E-state index contributed by atoms with van der Waals surface area (Å²) < 4.78 is 3.78. The topological polar surface area (TPSA) is 35.6 Å². The molecule has 21 heavy (non-hydrogen) atoms. The molecule has 3 rings (SSSR count). The summed E-state index contributed by atoms with van der Waals surface area (Å²) in [5.74, 6) is 1.04. The highest BCUT2D eigenvalue weighted by Gasteiger charge is 2.17. The lowest BCUT2D eigenvalue weighted by Crippen LogP contribution is -2.01. The van der Waals surface area contributed by atoms with Gasteiger partial charge in [0.15, 0.2) is 0 Å². The van der Waals surface area contributed by atoms with Crippen LogP contribution in [0, 0.1) is 0 Å². The van der Waals surface area contributed by atoms with E-state index in [0.717, 1.165) is 34.7 Å². The molecule has 0 radical (unpaired) electrons. The van der Waals surface area contributed by atoms with Gasteiger partial charge in [-0.25, -0.2) is 4.98 Å². The number of benzene rings is 1. The lowest BCUT2D eigenvalue weighted by molar-refractivity contribution is 0.746. The molecular formula is C14H13Cl3N4. The van der Waals surface area contributed by atoms with Crippen LogP contribution < -0.4 is 0 Å². The molecular weight excluding hydrogens is 331 g/mol. The molecule has 1 aromatic carbocycles. The van der Waals surface area contributed by atoms with Gasteiger partial charge in [0.2, 0.25) is 0 Å². The Labute approximate surface area is 137 Å². The third-order valence-electron chi connectivity index (χ3n) is 3.34. The summed E-state index contributed by atoms with van der Waals surface area (Å²) in [6.45, 7) is 2.06. The quantitative estimate of drug-likeness (QED) is 0.662. The van der Waals surface area contributed by atoms with Crippen molar-refractivity contribution in [3.8, 4) is 5.69 Å². The highest BCUT2D eigenvalue weighted by atomic mass is 35.5. The summed E-state index contributed by atoms with van der Waals surface area (Å²) in [5, 5.41) is 5.45. The average molecular weight is 344 g/mol. The largest absolute Gasteiger partial charge is 0.292 e. The SMILES string of the molecule is CCc1nn(C)cc1-n1c(CCl)nc2cc(Cl)c(Cl)cc21. The Morgan fingerprint density at radius 1 is 1.19 bits per heavy atom. The summed E-state index contributed by atoms with van der Waals surface area (Å²) in [7, 11) is 1.89. The van der Waals surface area contributed by atoms with Gasteiger partial charge in [-0.2, -0.15) is 5.10 Å². The molecule has 2 aromatic heterocycles. The summed E-state index contributed by atoms with van der Waals surface area (Å²) in [4.78, 5) is 4.55. The predicted molar refractivity (Wildman–Crippen MR) is 86.8 cm³/mol. The van der Waals surface area contributed by atoms with Crippen molar-refractivity contribution in [2.75, 3.05) is 0 Å². The van der Waals surface area contributed by atoms with Gasteiger partial charge in [-0.3, -0.25) is 9.25 Å². The molecule has 0 atom stereocenters. The van der Waals surface area contributed by atoms with E-state index in [9.17, 15) is 0 Å². The van der Waals surface area contributed by atoms with E-state index in [0.29, 0.717) is 15.9 Å². The molecule has 0 bridgehead atoms. The zero-order chi connectivity index (χ0) is 15.1. The van der Waals surface area contributed by atoms with E-state index in [-0.39, 0.29) is 0 Å². The lowest BCUT2D eigenvalue weighted by atomic mass is 10.2. The number of nitrogens with zero attached hydrogens (tertiary/aromatic N) is 4. The number of hydrogen-bond donors (Lipinski definition) is 0. The van der Waals surface area contributed by atoms with Crippen LogP contribution in [0.4, 0.5) is 0 Å². The van der Waals surface area contributed by atoms with Gasteiger partial charge < -0.3 is 0 Å². The van der Waals surface area contributed by atoms with Crippen LogP contribution in [-0.2, 0) is 19.3 Å². The molecule has 2 heterocycles. The number of halogens is 3. The Hall–Kier alpha value is -1.23. The molecule has 0 spiro atoms. The molecule has 0 aliphatic heterocycles. The van der Waals surface area contributed by atoms with Crippen molar-refractivity contribution in [3.05, 3.63) is 39.9 Å². The smallest absolute Gasteiger partial charge is 0.129 e. The fourth-order valence-corrected chi connectivity index (χ4v) is 2.94. The van der Waals surface area contributed by atoms with Crippen molar-refractivity contribution in [3.63, 3.8) is 0 Å². The maximum atomic E-state index is 6.15. The monoisotopic (exact) mass is 342 g/mol. The molecule has 0 amide bonds. The van der Waals surface area contributed by atoms with Crippen LogP contribution in [0.3, 0.4) is 0 Å². The van der Waals surface area contributed by atoms with E-state index in [4.69, 9.17) is 34.8 Å². The zero-order valence-corrected chi connectivity index (χ0v) is 13.8. The Bertz CT molecular complexity index is 819. The Morgan fingerprint density at radius 3 is 2.57 bits per heavy atom. The third-order valence-corrected chi connectivity index (χ3v) is 4.31. The molecule has 4 nitrogen and oxygen atoms in total. The minimum absolute atomic E-state index is 0.294. The van der Waals surface area contributed by atoms with Crippen molar-refractivity contribution < 1.29 is 0 Å². The van der Waals surface area contributed by atoms with Gasteiger partial charge in [0, 0.05) is 13.2 Å². The van der Waals surface area contributed by atoms with Gasteiger partial charge in [-0.05, 0) is 18.6 Å². The van der Waals surface area contributed by atoms with E-state index in [1.165, 1.54) is 0 Å². The molecule has 0 saturated carbocycles. The molecule has 0 aliphatic carbocycles. The standard InChI is InChI=1S/C14H13Cl3N4/c1-3-10-13(7-20(2)19-10)21-12-5-9(17)8(16)4-11(12)18-14(21)6-15/h4-5,7H,3,6H2,1-2H3. The number of aryl methyl sites for hydroxylation is 2. The second-order valence-corrected chi connectivity index (χ2v) is 5.82. The van der Waals surface area contributed by atoms with Gasteiger partial charge in [0.1, 0.15) is 5.82 Å².